The summed E-state index contributed by atoms with van der Waals surface area (Å²) >= 11 is 0. The van der Waals surface area contributed by atoms with Crippen LogP contribution in [-0.2, 0) is 17.4 Å². The molecular weight excluding hydrogens is 329 g/mol. The smallest absolute Gasteiger partial charge is 0.309 e. The number of amides is 1. The van der Waals surface area contributed by atoms with Crippen molar-refractivity contribution in [2.75, 3.05) is 5.32 Å². The number of H-pyrrole nitrogens is 2. The molecule has 0 radical (unpaired) electrons. The first kappa shape index (κ1) is 15.8. The van der Waals surface area contributed by atoms with Crippen LogP contribution in [0.4, 0.5) is 19.0 Å². The summed E-state index contributed by atoms with van der Waals surface area (Å²) in [4.78, 5) is 15.3. The van der Waals surface area contributed by atoms with Crippen LogP contribution < -0.4 is 5.32 Å². The van der Waals surface area contributed by atoms with Gasteiger partial charge in [0.2, 0.25) is 5.91 Å². The van der Waals surface area contributed by atoms with Crippen molar-refractivity contribution >= 4 is 22.8 Å². The number of aromatic nitrogens is 7. The van der Waals surface area contributed by atoms with Crippen LogP contribution in [0.1, 0.15) is 24.4 Å². The van der Waals surface area contributed by atoms with Gasteiger partial charge in [0.1, 0.15) is 5.69 Å². The van der Waals surface area contributed by atoms with Gasteiger partial charge in [-0.15, -0.1) is 10.2 Å². The summed E-state index contributed by atoms with van der Waals surface area (Å²) in [5.74, 6) is 0.305. The second-order valence-corrected chi connectivity index (χ2v) is 4.89. The second-order valence-electron chi connectivity index (χ2n) is 4.89. The fraction of sp³-hybridized carbons (Fsp3) is 0.333. The number of hydrogen-bond donors (Lipinski definition) is 3. The number of alkyl halides is 3. The molecule has 3 heterocycles. The first-order valence-electron chi connectivity index (χ1n) is 6.88. The Hall–Kier alpha value is -3.05. The van der Waals surface area contributed by atoms with E-state index in [9.17, 15) is 18.0 Å². The van der Waals surface area contributed by atoms with Crippen LogP contribution in [0.3, 0.4) is 0 Å². The van der Waals surface area contributed by atoms with Gasteiger partial charge in [-0.3, -0.25) is 9.89 Å². The highest BCUT2D eigenvalue weighted by molar-refractivity contribution is 5.98. The van der Waals surface area contributed by atoms with Crippen molar-refractivity contribution in [1.29, 1.82) is 0 Å². The van der Waals surface area contributed by atoms with Gasteiger partial charge >= 0.3 is 6.18 Å². The number of fused-ring (bicyclic) bond motifs is 1. The Labute approximate surface area is 132 Å². The van der Waals surface area contributed by atoms with E-state index in [2.05, 4.69) is 41.1 Å². The molecule has 9 nitrogen and oxygen atoms in total. The van der Waals surface area contributed by atoms with Gasteiger partial charge in [-0.05, 0) is 18.6 Å². The third-order valence-corrected chi connectivity index (χ3v) is 3.17. The summed E-state index contributed by atoms with van der Waals surface area (Å²) < 4.78 is 37.8. The first-order valence-corrected chi connectivity index (χ1v) is 6.88. The fourth-order valence-corrected chi connectivity index (χ4v) is 2.05. The van der Waals surface area contributed by atoms with Crippen LogP contribution in [0.5, 0.6) is 0 Å². The summed E-state index contributed by atoms with van der Waals surface area (Å²) in [5.41, 5.74) is -1.08. The molecule has 0 unspecified atom stereocenters. The SMILES string of the molecule is O=C(CCCc1nn[nH]n1)Nc1n[nH]c2nc(C(F)(F)F)ccc12. The summed E-state index contributed by atoms with van der Waals surface area (Å²) in [6.45, 7) is 0. The number of aryl methyl sites for hydroxylation is 1. The summed E-state index contributed by atoms with van der Waals surface area (Å²) in [6.07, 6.45) is -3.40. The van der Waals surface area contributed by atoms with Crippen molar-refractivity contribution in [2.24, 2.45) is 0 Å². The van der Waals surface area contributed by atoms with Crippen molar-refractivity contribution < 1.29 is 18.0 Å². The van der Waals surface area contributed by atoms with E-state index < -0.39 is 11.9 Å². The van der Waals surface area contributed by atoms with Gasteiger partial charge < -0.3 is 5.32 Å². The van der Waals surface area contributed by atoms with E-state index >= 15 is 0 Å². The third kappa shape index (κ3) is 3.47. The molecule has 0 fully saturated rings. The largest absolute Gasteiger partial charge is 0.433 e. The number of aromatic amines is 2. The number of anilines is 1. The van der Waals surface area contributed by atoms with Gasteiger partial charge in [-0.2, -0.15) is 23.5 Å². The fourth-order valence-electron chi connectivity index (χ4n) is 2.05. The highest BCUT2D eigenvalue weighted by atomic mass is 19.4. The van der Waals surface area contributed by atoms with Gasteiger partial charge in [0.25, 0.3) is 0 Å². The molecule has 0 aliphatic rings. The van der Waals surface area contributed by atoms with Crippen molar-refractivity contribution in [2.45, 2.75) is 25.4 Å². The van der Waals surface area contributed by atoms with E-state index in [4.69, 9.17) is 0 Å². The lowest BCUT2D eigenvalue weighted by Crippen LogP contribution is -2.12. The highest BCUT2D eigenvalue weighted by Gasteiger charge is 2.32. The lowest BCUT2D eigenvalue weighted by Gasteiger charge is -2.05. The van der Waals surface area contributed by atoms with Gasteiger partial charge in [-0.25, -0.2) is 4.98 Å². The Bertz CT molecular complexity index is 842. The van der Waals surface area contributed by atoms with Crippen LogP contribution in [0, 0.1) is 0 Å². The normalized spacial score (nSPS) is 11.8. The van der Waals surface area contributed by atoms with E-state index in [1.54, 1.807) is 0 Å². The Balaban J connectivity index is 1.63. The van der Waals surface area contributed by atoms with Gasteiger partial charge in [0.15, 0.2) is 17.3 Å². The van der Waals surface area contributed by atoms with Gasteiger partial charge in [-0.1, -0.05) is 5.21 Å². The molecule has 0 atom stereocenters. The van der Waals surface area contributed by atoms with Crippen molar-refractivity contribution in [3.8, 4) is 0 Å². The molecule has 0 spiro atoms. The predicted octanol–water partition coefficient (Wildman–Crippen LogP) is 1.45. The average molecular weight is 340 g/mol. The Morgan fingerprint density at radius 3 is 2.79 bits per heavy atom. The topological polar surface area (TPSA) is 125 Å². The number of carbonyl (C=O) groups is 1. The molecule has 3 rings (SSSR count). The summed E-state index contributed by atoms with van der Waals surface area (Å²) in [5, 5.41) is 22.2. The maximum absolute atomic E-state index is 12.6. The number of nitrogens with one attached hydrogen (secondary N) is 3. The molecule has 3 N–H and O–H groups in total. The maximum atomic E-state index is 12.6. The molecule has 0 aromatic carbocycles. The van der Waals surface area contributed by atoms with Gasteiger partial charge in [0, 0.05) is 12.8 Å². The van der Waals surface area contributed by atoms with E-state index in [1.807, 2.05) is 0 Å². The predicted molar refractivity (Wildman–Crippen MR) is 74.6 cm³/mol. The van der Waals surface area contributed by atoms with Crippen molar-refractivity contribution in [1.82, 2.24) is 35.8 Å². The molecule has 12 heteroatoms. The van der Waals surface area contributed by atoms with Crippen LogP contribution in [-0.4, -0.2) is 41.7 Å². The monoisotopic (exact) mass is 340 g/mol. The van der Waals surface area contributed by atoms with E-state index in [0.717, 1.165) is 6.07 Å². The van der Waals surface area contributed by atoms with E-state index in [1.165, 1.54) is 6.07 Å². The number of pyridine rings is 1. The minimum atomic E-state index is -4.54. The number of carbonyl (C=O) groups excluding carboxylic acids is 1. The maximum Gasteiger partial charge on any atom is 0.433 e. The van der Waals surface area contributed by atoms with Crippen LogP contribution in [0.15, 0.2) is 12.1 Å². The zero-order valence-corrected chi connectivity index (χ0v) is 12.1. The number of nitrogens with zero attached hydrogens (tertiary/aromatic N) is 5. The third-order valence-electron chi connectivity index (χ3n) is 3.17. The van der Waals surface area contributed by atoms with Gasteiger partial charge in [0.05, 0.1) is 5.39 Å². The highest BCUT2D eigenvalue weighted by Crippen LogP contribution is 2.29. The van der Waals surface area contributed by atoms with Crippen LogP contribution in [0.2, 0.25) is 0 Å². The Kier molecular flexibility index (Phi) is 4.10. The number of rotatable bonds is 5. The van der Waals surface area contributed by atoms with Crippen molar-refractivity contribution in [3.63, 3.8) is 0 Å². The zero-order valence-electron chi connectivity index (χ0n) is 12.1. The lowest BCUT2D eigenvalue weighted by molar-refractivity contribution is -0.141. The Morgan fingerprint density at radius 2 is 2.08 bits per heavy atom. The lowest BCUT2D eigenvalue weighted by atomic mass is 10.2. The quantitative estimate of drug-likeness (QED) is 0.645. The number of hydrogen-bond acceptors (Lipinski definition) is 6. The zero-order chi connectivity index (χ0) is 17.2. The standard InChI is InChI=1S/C12H11F3N8O/c13-12(14,15)7-5-4-6-10(16-7)20-21-11(6)17-9(24)3-1-2-8-18-22-23-19-8/h4-5H,1-3H2,(H,18,19,22,23)(H2,16,17,20,21,24). The Morgan fingerprint density at radius 1 is 1.25 bits per heavy atom. The molecule has 126 valence electrons. The number of halogens is 3. The molecule has 0 saturated carbocycles. The molecule has 0 aliphatic heterocycles. The number of tetrazole rings is 1. The molecule has 0 aliphatic carbocycles. The van der Waals surface area contributed by atoms with E-state index in [-0.39, 0.29) is 23.8 Å². The molecule has 1 amide bonds. The molecule has 0 bridgehead atoms. The summed E-state index contributed by atoms with van der Waals surface area (Å²) in [7, 11) is 0. The second kappa shape index (κ2) is 6.22. The average Bonchev–Trinajstić information content (AvgIpc) is 3.16. The minimum absolute atomic E-state index is 0.0491. The molecular formula is C12H11F3N8O. The van der Waals surface area contributed by atoms with Crippen LogP contribution in [0.25, 0.3) is 11.0 Å². The molecule has 0 saturated heterocycles. The molecule has 3 aromatic heterocycles. The van der Waals surface area contributed by atoms with Crippen molar-refractivity contribution in [3.05, 3.63) is 23.7 Å². The molecule has 24 heavy (non-hydrogen) atoms. The van der Waals surface area contributed by atoms with E-state index in [0.29, 0.717) is 24.1 Å². The molecule has 3 aromatic rings. The van der Waals surface area contributed by atoms with Crippen LogP contribution >= 0.6 is 0 Å². The first-order chi connectivity index (χ1) is 11.4. The minimum Gasteiger partial charge on any atom is -0.309 e. The summed E-state index contributed by atoms with van der Waals surface area (Å²) in [6, 6.07) is 2.05.